The predicted octanol–water partition coefficient (Wildman–Crippen LogP) is 2.81. The number of fused-ring (bicyclic) bond motifs is 1. The van der Waals surface area contributed by atoms with Crippen LogP contribution in [0, 0.1) is 0 Å². The Bertz CT molecular complexity index is 872. The van der Waals surface area contributed by atoms with Crippen molar-refractivity contribution in [3.63, 3.8) is 0 Å². The van der Waals surface area contributed by atoms with Gasteiger partial charge in [0.2, 0.25) is 17.6 Å². The largest absolute Gasteiger partial charge is 0.337 e. The molecule has 0 bridgehead atoms. The maximum Gasteiger partial charge on any atom is 0.246 e. The molecule has 2 aromatic heterocycles. The van der Waals surface area contributed by atoms with Crippen molar-refractivity contribution in [3.8, 4) is 11.4 Å². The first-order valence-corrected chi connectivity index (χ1v) is 8.81. The van der Waals surface area contributed by atoms with Gasteiger partial charge >= 0.3 is 0 Å². The molecule has 1 aromatic carbocycles. The Hall–Kier alpha value is -2.67. The van der Waals surface area contributed by atoms with Crippen LogP contribution in [-0.2, 0) is 17.8 Å². The first-order valence-electron chi connectivity index (χ1n) is 7.93. The van der Waals surface area contributed by atoms with Gasteiger partial charge in [-0.3, -0.25) is 9.78 Å². The van der Waals surface area contributed by atoms with Crippen LogP contribution < -0.4 is 0 Å². The highest BCUT2D eigenvalue weighted by molar-refractivity contribution is 8.01. The number of hydrogen-bond acceptors (Lipinski definition) is 6. The Morgan fingerprint density at radius 1 is 1.28 bits per heavy atom. The number of aromatic nitrogens is 3. The quantitative estimate of drug-likeness (QED) is 0.719. The molecule has 1 aliphatic rings. The molecule has 3 heterocycles. The van der Waals surface area contributed by atoms with Crippen LogP contribution >= 0.6 is 11.8 Å². The summed E-state index contributed by atoms with van der Waals surface area (Å²) < 4.78 is 5.28. The van der Waals surface area contributed by atoms with Gasteiger partial charge < -0.3 is 9.42 Å². The number of rotatable bonds is 4. The second-order valence-electron chi connectivity index (χ2n) is 5.86. The molecule has 1 aliphatic heterocycles. The van der Waals surface area contributed by atoms with Gasteiger partial charge in [0.05, 0.1) is 11.8 Å². The van der Waals surface area contributed by atoms with Crippen molar-refractivity contribution in [1.29, 1.82) is 0 Å². The summed E-state index contributed by atoms with van der Waals surface area (Å²) in [4.78, 5) is 23.9. The Kier molecular flexibility index (Phi) is 4.23. The molecule has 0 radical (unpaired) electrons. The molecular formula is C18H16N4O2S. The van der Waals surface area contributed by atoms with E-state index in [9.17, 15) is 4.79 Å². The zero-order valence-electron chi connectivity index (χ0n) is 13.6. The summed E-state index contributed by atoms with van der Waals surface area (Å²) >= 11 is 1.62. The summed E-state index contributed by atoms with van der Waals surface area (Å²) in [5.41, 5.74) is 2.07. The maximum atomic E-state index is 12.7. The van der Waals surface area contributed by atoms with Crippen LogP contribution in [0.25, 0.3) is 11.4 Å². The third kappa shape index (κ3) is 3.28. The van der Waals surface area contributed by atoms with E-state index < -0.39 is 0 Å². The lowest BCUT2D eigenvalue weighted by molar-refractivity contribution is -0.130. The second-order valence-corrected chi connectivity index (χ2v) is 7.10. The summed E-state index contributed by atoms with van der Waals surface area (Å²) in [6.07, 6.45) is 4.11. The average Bonchev–Trinajstić information content (AvgIpc) is 3.28. The molecule has 0 N–H and O–H groups in total. The van der Waals surface area contributed by atoms with E-state index in [0.717, 1.165) is 12.0 Å². The van der Waals surface area contributed by atoms with Crippen LogP contribution in [0.4, 0.5) is 0 Å². The first-order chi connectivity index (χ1) is 12.2. The smallest absolute Gasteiger partial charge is 0.246 e. The van der Waals surface area contributed by atoms with Gasteiger partial charge in [-0.2, -0.15) is 4.98 Å². The van der Waals surface area contributed by atoms with E-state index in [1.165, 1.54) is 10.5 Å². The molecular weight excluding hydrogens is 336 g/mol. The molecule has 1 amide bonds. The van der Waals surface area contributed by atoms with Crippen LogP contribution in [0.1, 0.15) is 11.5 Å². The Morgan fingerprint density at radius 2 is 2.08 bits per heavy atom. The van der Waals surface area contributed by atoms with Crippen molar-refractivity contribution >= 4 is 17.7 Å². The normalized spacial score (nSPS) is 15.8. The van der Waals surface area contributed by atoms with Gasteiger partial charge in [-0.05, 0) is 30.2 Å². The number of nitrogens with zero attached hydrogens (tertiary/aromatic N) is 4. The summed E-state index contributed by atoms with van der Waals surface area (Å²) in [6, 6.07) is 11.8. The molecule has 126 valence electrons. The Balaban J connectivity index is 1.42. The molecule has 0 aliphatic carbocycles. The number of carbonyl (C=O) groups is 1. The molecule has 0 spiro atoms. The van der Waals surface area contributed by atoms with Gasteiger partial charge in [0, 0.05) is 29.9 Å². The van der Waals surface area contributed by atoms with Gasteiger partial charge in [-0.15, -0.1) is 11.8 Å². The zero-order chi connectivity index (χ0) is 17.2. The van der Waals surface area contributed by atoms with Gasteiger partial charge in [0.1, 0.15) is 0 Å². The van der Waals surface area contributed by atoms with Crippen LogP contribution in [0.2, 0.25) is 0 Å². The third-order valence-electron chi connectivity index (χ3n) is 4.08. The second kappa shape index (κ2) is 6.68. The van der Waals surface area contributed by atoms with E-state index in [1.54, 1.807) is 36.1 Å². The first kappa shape index (κ1) is 15.8. The topological polar surface area (TPSA) is 72.1 Å². The fraction of sp³-hybridized carbons (Fsp3) is 0.222. The van der Waals surface area contributed by atoms with Crippen LogP contribution in [0.3, 0.4) is 0 Å². The lowest BCUT2D eigenvalue weighted by Gasteiger charge is -2.18. The molecule has 0 unspecified atom stereocenters. The van der Waals surface area contributed by atoms with E-state index in [0.29, 0.717) is 18.3 Å². The number of thioether (sulfide) groups is 1. The van der Waals surface area contributed by atoms with Crippen LogP contribution in [-0.4, -0.2) is 38.2 Å². The lowest BCUT2D eigenvalue weighted by Crippen LogP contribution is -2.34. The SMILES string of the molecule is CN(Cc1nc(-c2ccncc2)no1)C(=O)[C@H]1Cc2ccccc2S1. The third-order valence-corrected chi connectivity index (χ3v) is 5.38. The fourth-order valence-corrected chi connectivity index (χ4v) is 4.09. The number of carbonyl (C=O) groups excluding carboxylic acids is 1. The molecule has 4 rings (SSSR count). The van der Waals surface area contributed by atoms with E-state index in [-0.39, 0.29) is 11.2 Å². The molecule has 0 saturated heterocycles. The monoisotopic (exact) mass is 352 g/mol. The minimum Gasteiger partial charge on any atom is -0.337 e. The fourth-order valence-electron chi connectivity index (χ4n) is 2.78. The van der Waals surface area contributed by atoms with Gasteiger partial charge in [0.15, 0.2) is 0 Å². The zero-order valence-corrected chi connectivity index (χ0v) is 14.4. The Labute approximate surface area is 149 Å². The number of pyridine rings is 1. The van der Waals surface area contributed by atoms with Crippen molar-refractivity contribution in [1.82, 2.24) is 20.0 Å². The van der Waals surface area contributed by atoms with Crippen molar-refractivity contribution in [2.24, 2.45) is 0 Å². The summed E-state index contributed by atoms with van der Waals surface area (Å²) in [5, 5.41) is 3.88. The van der Waals surface area contributed by atoms with E-state index >= 15 is 0 Å². The highest BCUT2D eigenvalue weighted by atomic mass is 32.2. The molecule has 0 saturated carbocycles. The van der Waals surface area contributed by atoms with Crippen LogP contribution in [0.5, 0.6) is 0 Å². The summed E-state index contributed by atoms with van der Waals surface area (Å²) in [6.45, 7) is 0.296. The molecule has 0 fully saturated rings. The highest BCUT2D eigenvalue weighted by Gasteiger charge is 2.30. The van der Waals surface area contributed by atoms with Crippen molar-refractivity contribution in [2.75, 3.05) is 7.05 Å². The van der Waals surface area contributed by atoms with Gasteiger partial charge in [-0.1, -0.05) is 23.4 Å². The van der Waals surface area contributed by atoms with E-state index in [1.807, 2.05) is 24.3 Å². The maximum absolute atomic E-state index is 12.7. The standard InChI is InChI=1S/C18H16N4O2S/c1-22(18(23)15-10-13-4-2-3-5-14(13)25-15)11-16-20-17(21-24-16)12-6-8-19-9-7-12/h2-9,15H,10-11H2,1H3/t15-/m1/s1. The molecule has 3 aromatic rings. The lowest BCUT2D eigenvalue weighted by atomic mass is 10.1. The minimum absolute atomic E-state index is 0.0739. The molecule has 25 heavy (non-hydrogen) atoms. The summed E-state index contributed by atoms with van der Waals surface area (Å²) in [5.74, 6) is 0.994. The van der Waals surface area contributed by atoms with Crippen LogP contribution in [0.15, 0.2) is 58.2 Å². The Morgan fingerprint density at radius 3 is 2.88 bits per heavy atom. The number of amides is 1. The van der Waals surface area contributed by atoms with Crippen molar-refractivity contribution < 1.29 is 9.32 Å². The average molecular weight is 352 g/mol. The predicted molar refractivity (Wildman–Crippen MR) is 93.8 cm³/mol. The summed E-state index contributed by atoms with van der Waals surface area (Å²) in [7, 11) is 1.77. The minimum atomic E-state index is -0.0926. The molecule has 7 heteroatoms. The van der Waals surface area contributed by atoms with Crippen molar-refractivity contribution in [3.05, 3.63) is 60.2 Å². The number of hydrogen-bond donors (Lipinski definition) is 0. The van der Waals surface area contributed by atoms with Gasteiger partial charge in [-0.25, -0.2) is 0 Å². The highest BCUT2D eigenvalue weighted by Crippen LogP contribution is 2.37. The molecule has 1 atom stereocenters. The van der Waals surface area contributed by atoms with Crippen molar-refractivity contribution in [2.45, 2.75) is 23.1 Å². The van der Waals surface area contributed by atoms with Gasteiger partial charge in [0.25, 0.3) is 0 Å². The number of benzene rings is 1. The molecule has 6 nitrogen and oxygen atoms in total. The van der Waals surface area contributed by atoms with E-state index in [4.69, 9.17) is 4.52 Å². The van der Waals surface area contributed by atoms with E-state index in [2.05, 4.69) is 27.3 Å².